The number of hydrogen-bond donors (Lipinski definition) is 1. The lowest BCUT2D eigenvalue weighted by Crippen LogP contribution is -2.32. The molecule has 1 saturated heterocycles. The maximum absolute atomic E-state index is 5.58. The van der Waals surface area contributed by atoms with Crippen molar-refractivity contribution in [2.75, 3.05) is 23.9 Å². The third-order valence-electron chi connectivity index (χ3n) is 4.62. The van der Waals surface area contributed by atoms with Crippen LogP contribution in [0.1, 0.15) is 18.4 Å². The van der Waals surface area contributed by atoms with Gasteiger partial charge in [-0.05, 0) is 30.5 Å². The molecule has 1 aliphatic heterocycles. The summed E-state index contributed by atoms with van der Waals surface area (Å²) in [6.07, 6.45) is 2.17. The predicted octanol–water partition coefficient (Wildman–Crippen LogP) is 3.81. The summed E-state index contributed by atoms with van der Waals surface area (Å²) in [5.74, 6) is 1.60. The van der Waals surface area contributed by atoms with Crippen LogP contribution in [0.5, 0.6) is 0 Å². The highest BCUT2D eigenvalue weighted by Gasteiger charge is 2.27. The van der Waals surface area contributed by atoms with E-state index in [-0.39, 0.29) is 6.23 Å². The van der Waals surface area contributed by atoms with Gasteiger partial charge < -0.3 is 15.0 Å². The standard InChI is InChI=1S/C20H22N4O/c1-25-18-12-7-13-24(18)20-22-17-11-6-5-10-16(17)19(23-20)21-14-15-8-3-2-4-9-15/h2-6,8-11,18H,7,12-14H2,1H3,(H,21,22,23). The van der Waals surface area contributed by atoms with Crippen molar-refractivity contribution in [3.05, 3.63) is 60.2 Å². The largest absolute Gasteiger partial charge is 0.365 e. The van der Waals surface area contributed by atoms with Crippen molar-refractivity contribution in [3.63, 3.8) is 0 Å². The molecule has 0 radical (unpaired) electrons. The number of ether oxygens (including phenoxy) is 1. The molecule has 1 aliphatic rings. The average molecular weight is 334 g/mol. The monoisotopic (exact) mass is 334 g/mol. The summed E-state index contributed by atoms with van der Waals surface area (Å²) in [6.45, 7) is 1.66. The zero-order chi connectivity index (χ0) is 17.1. The van der Waals surface area contributed by atoms with Gasteiger partial charge in [-0.2, -0.15) is 4.98 Å². The second-order valence-electron chi connectivity index (χ2n) is 6.25. The van der Waals surface area contributed by atoms with Gasteiger partial charge in [-0.1, -0.05) is 42.5 Å². The van der Waals surface area contributed by atoms with E-state index in [0.717, 1.165) is 48.6 Å². The molecule has 2 heterocycles. The zero-order valence-electron chi connectivity index (χ0n) is 14.4. The van der Waals surface area contributed by atoms with Gasteiger partial charge in [-0.25, -0.2) is 4.98 Å². The van der Waals surface area contributed by atoms with Crippen molar-refractivity contribution in [2.45, 2.75) is 25.6 Å². The molecular formula is C20H22N4O. The molecule has 4 rings (SSSR count). The molecule has 1 N–H and O–H groups in total. The van der Waals surface area contributed by atoms with Crippen molar-refractivity contribution in [1.29, 1.82) is 0 Å². The Balaban J connectivity index is 1.69. The quantitative estimate of drug-likeness (QED) is 0.769. The van der Waals surface area contributed by atoms with E-state index < -0.39 is 0 Å². The third-order valence-corrected chi connectivity index (χ3v) is 4.62. The van der Waals surface area contributed by atoms with Gasteiger partial charge in [0.15, 0.2) is 0 Å². The molecule has 0 saturated carbocycles. The van der Waals surface area contributed by atoms with Gasteiger partial charge in [0.1, 0.15) is 12.0 Å². The predicted molar refractivity (Wildman–Crippen MR) is 101 cm³/mol. The van der Waals surface area contributed by atoms with Crippen molar-refractivity contribution in [1.82, 2.24) is 9.97 Å². The minimum Gasteiger partial charge on any atom is -0.365 e. The molecule has 25 heavy (non-hydrogen) atoms. The molecular weight excluding hydrogens is 312 g/mol. The van der Waals surface area contributed by atoms with Crippen LogP contribution in [-0.4, -0.2) is 29.9 Å². The molecule has 1 unspecified atom stereocenters. The summed E-state index contributed by atoms with van der Waals surface area (Å²) in [4.78, 5) is 11.7. The number of rotatable bonds is 5. The van der Waals surface area contributed by atoms with Crippen LogP contribution in [0.3, 0.4) is 0 Å². The first-order valence-electron chi connectivity index (χ1n) is 8.69. The Bertz CT molecular complexity index is 853. The molecule has 5 heteroatoms. The fraction of sp³-hybridized carbons (Fsp3) is 0.300. The minimum absolute atomic E-state index is 0.0585. The summed E-state index contributed by atoms with van der Waals surface area (Å²) in [6, 6.07) is 18.5. The minimum atomic E-state index is 0.0585. The smallest absolute Gasteiger partial charge is 0.229 e. The van der Waals surface area contributed by atoms with Gasteiger partial charge in [-0.3, -0.25) is 0 Å². The number of nitrogens with one attached hydrogen (secondary N) is 1. The fourth-order valence-corrected chi connectivity index (χ4v) is 3.32. The summed E-state index contributed by atoms with van der Waals surface area (Å²) in [7, 11) is 1.75. The summed E-state index contributed by atoms with van der Waals surface area (Å²) in [5.41, 5.74) is 2.17. The van der Waals surface area contributed by atoms with E-state index in [9.17, 15) is 0 Å². The van der Waals surface area contributed by atoms with Gasteiger partial charge in [0.2, 0.25) is 5.95 Å². The number of methoxy groups -OCH3 is 1. The Kier molecular flexibility index (Phi) is 4.48. The molecule has 1 aromatic heterocycles. The van der Waals surface area contributed by atoms with Gasteiger partial charge in [0, 0.05) is 25.6 Å². The summed E-state index contributed by atoms with van der Waals surface area (Å²) < 4.78 is 5.58. The normalized spacial score (nSPS) is 17.2. The molecule has 0 aliphatic carbocycles. The van der Waals surface area contributed by atoms with Crippen LogP contribution < -0.4 is 10.2 Å². The van der Waals surface area contributed by atoms with Crippen LogP contribution in [0, 0.1) is 0 Å². The maximum atomic E-state index is 5.58. The van der Waals surface area contributed by atoms with Crippen LogP contribution in [0.25, 0.3) is 10.9 Å². The SMILES string of the molecule is COC1CCCN1c1nc(NCc2ccccc2)c2ccccc2n1. The molecule has 0 bridgehead atoms. The van der Waals surface area contributed by atoms with Crippen LogP contribution in [-0.2, 0) is 11.3 Å². The Morgan fingerprint density at radius 1 is 1.08 bits per heavy atom. The second kappa shape index (κ2) is 7.07. The van der Waals surface area contributed by atoms with E-state index in [1.54, 1.807) is 7.11 Å². The fourth-order valence-electron chi connectivity index (χ4n) is 3.32. The zero-order valence-corrected chi connectivity index (χ0v) is 14.4. The molecule has 128 valence electrons. The number of fused-ring (bicyclic) bond motifs is 1. The number of nitrogens with zero attached hydrogens (tertiary/aromatic N) is 3. The van der Waals surface area contributed by atoms with Gasteiger partial charge in [-0.15, -0.1) is 0 Å². The topological polar surface area (TPSA) is 50.3 Å². The van der Waals surface area contributed by atoms with Crippen LogP contribution in [0.2, 0.25) is 0 Å². The van der Waals surface area contributed by atoms with Crippen molar-refractivity contribution >= 4 is 22.7 Å². The highest BCUT2D eigenvalue weighted by atomic mass is 16.5. The molecule has 1 fully saturated rings. The van der Waals surface area contributed by atoms with Gasteiger partial charge in [0.05, 0.1) is 5.52 Å². The van der Waals surface area contributed by atoms with Gasteiger partial charge in [0.25, 0.3) is 0 Å². The first-order chi connectivity index (χ1) is 12.3. The number of para-hydroxylation sites is 1. The first kappa shape index (κ1) is 15.8. The number of aromatic nitrogens is 2. The van der Waals surface area contributed by atoms with E-state index in [0.29, 0.717) is 0 Å². The molecule has 5 nitrogen and oxygen atoms in total. The van der Waals surface area contributed by atoms with Crippen LogP contribution in [0.15, 0.2) is 54.6 Å². The molecule has 0 amide bonds. The number of benzene rings is 2. The van der Waals surface area contributed by atoms with E-state index in [1.165, 1.54) is 5.56 Å². The number of anilines is 2. The second-order valence-corrected chi connectivity index (χ2v) is 6.25. The lowest BCUT2D eigenvalue weighted by Gasteiger charge is -2.24. The van der Waals surface area contributed by atoms with Crippen molar-refractivity contribution in [3.8, 4) is 0 Å². The van der Waals surface area contributed by atoms with Crippen molar-refractivity contribution < 1.29 is 4.74 Å². The van der Waals surface area contributed by atoms with E-state index >= 15 is 0 Å². The lowest BCUT2D eigenvalue weighted by atomic mass is 10.2. The lowest BCUT2D eigenvalue weighted by molar-refractivity contribution is 0.110. The Hall–Kier alpha value is -2.66. The summed E-state index contributed by atoms with van der Waals surface area (Å²) >= 11 is 0. The molecule has 1 atom stereocenters. The summed E-state index contributed by atoms with van der Waals surface area (Å²) in [5, 5.41) is 4.52. The molecule has 3 aromatic rings. The first-order valence-corrected chi connectivity index (χ1v) is 8.69. The Morgan fingerprint density at radius 2 is 1.88 bits per heavy atom. The van der Waals surface area contributed by atoms with Crippen LogP contribution in [0.4, 0.5) is 11.8 Å². The Morgan fingerprint density at radius 3 is 2.72 bits per heavy atom. The highest BCUT2D eigenvalue weighted by Crippen LogP contribution is 2.28. The average Bonchev–Trinajstić information content (AvgIpc) is 3.15. The molecule has 2 aromatic carbocycles. The van der Waals surface area contributed by atoms with E-state index in [1.807, 2.05) is 36.4 Å². The highest BCUT2D eigenvalue weighted by molar-refractivity contribution is 5.90. The molecule has 0 spiro atoms. The third kappa shape index (κ3) is 3.28. The number of hydrogen-bond acceptors (Lipinski definition) is 5. The van der Waals surface area contributed by atoms with E-state index in [2.05, 4.69) is 28.4 Å². The maximum Gasteiger partial charge on any atom is 0.229 e. The van der Waals surface area contributed by atoms with Gasteiger partial charge >= 0.3 is 0 Å². The van der Waals surface area contributed by atoms with Crippen LogP contribution >= 0.6 is 0 Å². The Labute approximate surface area is 147 Å². The van der Waals surface area contributed by atoms with E-state index in [4.69, 9.17) is 14.7 Å². The van der Waals surface area contributed by atoms with Crippen molar-refractivity contribution in [2.24, 2.45) is 0 Å².